The number of carboxylic acid groups (broad SMARTS) is 1. The molecule has 1 atom stereocenters. The van der Waals surface area contributed by atoms with E-state index in [1.165, 1.54) is 12.4 Å². The van der Waals surface area contributed by atoms with Crippen molar-refractivity contribution in [3.05, 3.63) is 18.1 Å². The fourth-order valence-electron chi connectivity index (χ4n) is 1.97. The topological polar surface area (TPSA) is 95.4 Å². The van der Waals surface area contributed by atoms with Crippen LogP contribution in [0.4, 0.5) is 5.82 Å². The third kappa shape index (κ3) is 2.24. The quantitative estimate of drug-likeness (QED) is 0.777. The van der Waals surface area contributed by atoms with Gasteiger partial charge < -0.3 is 15.3 Å². The van der Waals surface area contributed by atoms with E-state index in [9.17, 15) is 9.59 Å². The second kappa shape index (κ2) is 4.99. The third-order valence-corrected chi connectivity index (χ3v) is 2.87. The molecule has 0 aliphatic carbocycles. The van der Waals surface area contributed by atoms with Crippen molar-refractivity contribution in [1.82, 2.24) is 15.3 Å². The Kier molecular flexibility index (Phi) is 3.40. The van der Waals surface area contributed by atoms with Crippen molar-refractivity contribution >= 4 is 17.7 Å². The second-order valence-electron chi connectivity index (χ2n) is 3.97. The molecule has 0 aromatic carbocycles. The lowest BCUT2D eigenvalue weighted by Gasteiger charge is -2.35. The summed E-state index contributed by atoms with van der Waals surface area (Å²) in [5.41, 5.74) is -0.103. The van der Waals surface area contributed by atoms with Gasteiger partial charge in [0.1, 0.15) is 11.9 Å². The summed E-state index contributed by atoms with van der Waals surface area (Å²) in [6.07, 6.45) is 3.26. The SMILES string of the molecule is CCC1C(=O)NCCN1c1cnc(C(=O)O)cn1. The van der Waals surface area contributed by atoms with Gasteiger partial charge in [0.15, 0.2) is 5.69 Å². The van der Waals surface area contributed by atoms with Gasteiger partial charge in [0, 0.05) is 13.1 Å². The predicted octanol–water partition coefficient (Wildman–Crippen LogP) is -0.110. The summed E-state index contributed by atoms with van der Waals surface area (Å²) >= 11 is 0. The highest BCUT2D eigenvalue weighted by Gasteiger charge is 2.29. The average molecular weight is 250 g/mol. The largest absolute Gasteiger partial charge is 0.476 e. The van der Waals surface area contributed by atoms with Gasteiger partial charge in [-0.05, 0) is 6.42 Å². The molecule has 1 unspecified atom stereocenters. The Bertz CT molecular complexity index is 460. The Morgan fingerprint density at radius 1 is 1.56 bits per heavy atom. The molecule has 96 valence electrons. The van der Waals surface area contributed by atoms with Crippen molar-refractivity contribution in [3.63, 3.8) is 0 Å². The molecule has 1 aliphatic rings. The van der Waals surface area contributed by atoms with Gasteiger partial charge in [-0.15, -0.1) is 0 Å². The van der Waals surface area contributed by atoms with Crippen LogP contribution >= 0.6 is 0 Å². The number of nitrogens with one attached hydrogen (secondary N) is 1. The Morgan fingerprint density at radius 2 is 2.33 bits per heavy atom. The van der Waals surface area contributed by atoms with Crippen molar-refractivity contribution in [1.29, 1.82) is 0 Å². The van der Waals surface area contributed by atoms with Crippen LogP contribution in [0.25, 0.3) is 0 Å². The number of carbonyl (C=O) groups excluding carboxylic acids is 1. The Labute approximate surface area is 104 Å². The minimum absolute atomic E-state index is 0.0344. The fraction of sp³-hybridized carbons (Fsp3) is 0.455. The molecule has 1 saturated heterocycles. The average Bonchev–Trinajstić information content (AvgIpc) is 2.38. The Balaban J connectivity index is 2.24. The first-order valence-corrected chi connectivity index (χ1v) is 5.73. The summed E-state index contributed by atoms with van der Waals surface area (Å²) < 4.78 is 0. The number of hydrogen-bond acceptors (Lipinski definition) is 5. The first kappa shape index (κ1) is 12.3. The van der Waals surface area contributed by atoms with Crippen LogP contribution in [-0.4, -0.2) is 46.1 Å². The highest BCUT2D eigenvalue weighted by molar-refractivity contribution is 5.86. The van der Waals surface area contributed by atoms with E-state index in [1.54, 1.807) is 0 Å². The summed E-state index contributed by atoms with van der Waals surface area (Å²) in [4.78, 5) is 32.1. The second-order valence-corrected chi connectivity index (χ2v) is 3.97. The predicted molar refractivity (Wildman–Crippen MR) is 63.4 cm³/mol. The Hall–Kier alpha value is -2.18. The molecule has 0 radical (unpaired) electrons. The number of piperazine rings is 1. The van der Waals surface area contributed by atoms with Crippen LogP contribution in [0.3, 0.4) is 0 Å². The molecule has 0 saturated carbocycles. The van der Waals surface area contributed by atoms with Crippen molar-refractivity contribution in [2.75, 3.05) is 18.0 Å². The standard InChI is InChI=1S/C11H14N4O3/c1-2-8-10(16)12-3-4-15(8)9-6-13-7(5-14-9)11(17)18/h5-6,8H,2-4H2,1H3,(H,12,16)(H,17,18). The number of rotatable bonds is 3. The minimum atomic E-state index is -1.11. The van der Waals surface area contributed by atoms with E-state index in [0.29, 0.717) is 25.3 Å². The third-order valence-electron chi connectivity index (χ3n) is 2.87. The van der Waals surface area contributed by atoms with Crippen LogP contribution < -0.4 is 10.2 Å². The molecule has 2 heterocycles. The molecular formula is C11H14N4O3. The van der Waals surface area contributed by atoms with Gasteiger partial charge in [-0.3, -0.25) is 4.79 Å². The van der Waals surface area contributed by atoms with Crippen LogP contribution in [0.2, 0.25) is 0 Å². The van der Waals surface area contributed by atoms with Crippen molar-refractivity contribution in [3.8, 4) is 0 Å². The molecule has 0 spiro atoms. The molecule has 1 fully saturated rings. The summed E-state index contributed by atoms with van der Waals surface area (Å²) in [6.45, 7) is 3.12. The fourth-order valence-corrected chi connectivity index (χ4v) is 1.97. The van der Waals surface area contributed by atoms with Gasteiger partial charge >= 0.3 is 5.97 Å². The number of nitrogens with zero attached hydrogens (tertiary/aromatic N) is 3. The van der Waals surface area contributed by atoms with E-state index < -0.39 is 5.97 Å². The molecule has 0 bridgehead atoms. The highest BCUT2D eigenvalue weighted by atomic mass is 16.4. The van der Waals surface area contributed by atoms with E-state index in [2.05, 4.69) is 15.3 Å². The van der Waals surface area contributed by atoms with Crippen molar-refractivity contribution < 1.29 is 14.7 Å². The molecule has 18 heavy (non-hydrogen) atoms. The van der Waals surface area contributed by atoms with Gasteiger partial charge in [-0.1, -0.05) is 6.92 Å². The first-order valence-electron chi connectivity index (χ1n) is 5.73. The zero-order chi connectivity index (χ0) is 13.1. The summed E-state index contributed by atoms with van der Waals surface area (Å²) in [5.74, 6) is -0.618. The monoisotopic (exact) mass is 250 g/mol. The molecule has 2 N–H and O–H groups in total. The lowest BCUT2D eigenvalue weighted by Crippen LogP contribution is -2.55. The maximum Gasteiger partial charge on any atom is 0.356 e. The van der Waals surface area contributed by atoms with Gasteiger partial charge in [-0.2, -0.15) is 0 Å². The van der Waals surface area contributed by atoms with Crippen LogP contribution in [0, 0.1) is 0 Å². The van der Waals surface area contributed by atoms with Gasteiger partial charge in [0.25, 0.3) is 0 Å². The lowest BCUT2D eigenvalue weighted by atomic mass is 10.1. The zero-order valence-corrected chi connectivity index (χ0v) is 9.96. The molecule has 1 amide bonds. The maximum atomic E-state index is 11.7. The summed E-state index contributed by atoms with van der Waals surface area (Å²) in [7, 11) is 0. The number of aromatic carboxylic acids is 1. The van der Waals surface area contributed by atoms with Gasteiger partial charge in [-0.25, -0.2) is 14.8 Å². The molecular weight excluding hydrogens is 236 g/mol. The van der Waals surface area contributed by atoms with E-state index in [4.69, 9.17) is 5.11 Å². The summed E-state index contributed by atoms with van der Waals surface area (Å²) in [6, 6.07) is -0.274. The van der Waals surface area contributed by atoms with Crippen LogP contribution in [0.15, 0.2) is 12.4 Å². The van der Waals surface area contributed by atoms with Gasteiger partial charge in [0.2, 0.25) is 5.91 Å². The number of aromatic nitrogens is 2. The normalized spacial score (nSPS) is 19.5. The van der Waals surface area contributed by atoms with E-state index >= 15 is 0 Å². The zero-order valence-electron chi connectivity index (χ0n) is 9.96. The van der Waals surface area contributed by atoms with Crippen LogP contribution in [-0.2, 0) is 4.79 Å². The van der Waals surface area contributed by atoms with E-state index in [-0.39, 0.29) is 17.6 Å². The molecule has 1 aliphatic heterocycles. The number of carboxylic acids is 1. The van der Waals surface area contributed by atoms with Crippen LogP contribution in [0.1, 0.15) is 23.8 Å². The van der Waals surface area contributed by atoms with Crippen LogP contribution in [0.5, 0.6) is 0 Å². The van der Waals surface area contributed by atoms with Crippen molar-refractivity contribution in [2.45, 2.75) is 19.4 Å². The number of hydrogen-bond donors (Lipinski definition) is 2. The molecule has 1 aromatic heterocycles. The molecule has 1 aromatic rings. The van der Waals surface area contributed by atoms with E-state index in [1.807, 2.05) is 11.8 Å². The lowest BCUT2D eigenvalue weighted by molar-refractivity contribution is -0.123. The highest BCUT2D eigenvalue weighted by Crippen LogP contribution is 2.17. The molecule has 7 nitrogen and oxygen atoms in total. The Morgan fingerprint density at radius 3 is 2.89 bits per heavy atom. The van der Waals surface area contributed by atoms with Crippen molar-refractivity contribution in [2.24, 2.45) is 0 Å². The maximum absolute atomic E-state index is 11.7. The molecule has 7 heteroatoms. The number of anilines is 1. The smallest absolute Gasteiger partial charge is 0.356 e. The minimum Gasteiger partial charge on any atom is -0.476 e. The number of amides is 1. The summed E-state index contributed by atoms with van der Waals surface area (Å²) in [5, 5.41) is 11.5. The van der Waals surface area contributed by atoms with Gasteiger partial charge in [0.05, 0.1) is 12.4 Å². The van der Waals surface area contributed by atoms with E-state index in [0.717, 1.165) is 0 Å². The number of carbonyl (C=O) groups is 2. The molecule has 2 rings (SSSR count). The first-order chi connectivity index (χ1) is 8.63.